The first-order valence-electron chi connectivity index (χ1n) is 7.01. The van der Waals surface area contributed by atoms with Crippen LogP contribution in [0.2, 0.25) is 0 Å². The molecule has 2 rings (SSSR count). The molecular formula is C15H21N5O. The number of benzene rings is 1. The third-order valence-corrected chi connectivity index (χ3v) is 3.31. The largest absolute Gasteiger partial charge is 0.355 e. The molecular weight excluding hydrogens is 266 g/mol. The number of hydrogen-bond donors (Lipinski definition) is 1. The lowest BCUT2D eigenvalue weighted by Gasteiger charge is -2.19. The predicted molar refractivity (Wildman–Crippen MR) is 80.6 cm³/mol. The van der Waals surface area contributed by atoms with Crippen molar-refractivity contribution in [2.75, 3.05) is 13.6 Å². The fraction of sp³-hybridized carbons (Fsp3) is 0.400. The van der Waals surface area contributed by atoms with E-state index in [1.165, 1.54) is 0 Å². The third kappa shape index (κ3) is 4.13. The van der Waals surface area contributed by atoms with Crippen molar-refractivity contribution in [3.63, 3.8) is 0 Å². The average Bonchev–Trinajstić information content (AvgIpc) is 2.91. The van der Waals surface area contributed by atoms with Crippen molar-refractivity contribution in [2.45, 2.75) is 20.0 Å². The summed E-state index contributed by atoms with van der Waals surface area (Å²) in [6.07, 6.45) is 1.92. The molecule has 112 valence electrons. The van der Waals surface area contributed by atoms with Crippen molar-refractivity contribution in [2.24, 2.45) is 7.05 Å². The maximum absolute atomic E-state index is 11.7. The van der Waals surface area contributed by atoms with Gasteiger partial charge in [-0.1, -0.05) is 24.3 Å². The van der Waals surface area contributed by atoms with Crippen molar-refractivity contribution in [1.29, 1.82) is 0 Å². The quantitative estimate of drug-likeness (QED) is 0.867. The van der Waals surface area contributed by atoms with Gasteiger partial charge in [0.1, 0.15) is 0 Å². The second-order valence-corrected chi connectivity index (χ2v) is 4.97. The Balaban J connectivity index is 2.06. The number of rotatable bonds is 6. The average molecular weight is 287 g/mol. The van der Waals surface area contributed by atoms with Crippen LogP contribution in [0.5, 0.6) is 0 Å². The molecule has 1 heterocycles. The fourth-order valence-corrected chi connectivity index (χ4v) is 2.19. The van der Waals surface area contributed by atoms with Gasteiger partial charge < -0.3 is 5.32 Å². The Morgan fingerprint density at radius 1 is 1.38 bits per heavy atom. The van der Waals surface area contributed by atoms with E-state index in [4.69, 9.17) is 0 Å². The summed E-state index contributed by atoms with van der Waals surface area (Å²) in [6, 6.07) is 7.70. The molecule has 1 aromatic carbocycles. The second kappa shape index (κ2) is 6.99. The number of carbonyl (C=O) groups excluding carboxylic acids is 1. The standard InChI is InChI=1S/C15H21N5O/c1-4-20(11-14-10-19(3)18-17-14)9-12-6-5-7-13(8-12)15(21)16-2/h5-8,10H,4,9,11H2,1-3H3,(H,16,21). The van der Waals surface area contributed by atoms with Crippen LogP contribution in [0.4, 0.5) is 0 Å². The Kier molecular flexibility index (Phi) is 5.05. The molecule has 0 atom stereocenters. The van der Waals surface area contributed by atoms with Crippen LogP contribution >= 0.6 is 0 Å². The Labute approximate surface area is 124 Å². The highest BCUT2D eigenvalue weighted by Crippen LogP contribution is 2.10. The van der Waals surface area contributed by atoms with E-state index in [2.05, 4.69) is 27.5 Å². The van der Waals surface area contributed by atoms with Crippen LogP contribution in [0.1, 0.15) is 28.5 Å². The lowest BCUT2D eigenvalue weighted by atomic mass is 10.1. The van der Waals surface area contributed by atoms with E-state index in [-0.39, 0.29) is 5.91 Å². The number of nitrogens with zero attached hydrogens (tertiary/aromatic N) is 4. The molecule has 0 saturated carbocycles. The molecule has 21 heavy (non-hydrogen) atoms. The number of amides is 1. The number of hydrogen-bond acceptors (Lipinski definition) is 4. The van der Waals surface area contributed by atoms with Crippen molar-refractivity contribution in [3.8, 4) is 0 Å². The van der Waals surface area contributed by atoms with Crippen LogP contribution in [0, 0.1) is 0 Å². The van der Waals surface area contributed by atoms with Crippen LogP contribution in [-0.2, 0) is 20.1 Å². The minimum Gasteiger partial charge on any atom is -0.355 e. The Hall–Kier alpha value is -2.21. The van der Waals surface area contributed by atoms with Gasteiger partial charge in [0.15, 0.2) is 0 Å². The maximum atomic E-state index is 11.7. The first-order valence-corrected chi connectivity index (χ1v) is 7.01. The van der Waals surface area contributed by atoms with Crippen molar-refractivity contribution in [1.82, 2.24) is 25.2 Å². The smallest absolute Gasteiger partial charge is 0.251 e. The van der Waals surface area contributed by atoms with Gasteiger partial charge in [-0.25, -0.2) is 0 Å². The third-order valence-electron chi connectivity index (χ3n) is 3.31. The Morgan fingerprint density at radius 3 is 2.81 bits per heavy atom. The van der Waals surface area contributed by atoms with E-state index in [0.29, 0.717) is 5.56 Å². The van der Waals surface area contributed by atoms with Crippen molar-refractivity contribution < 1.29 is 4.79 Å². The lowest BCUT2D eigenvalue weighted by Crippen LogP contribution is -2.23. The number of aromatic nitrogens is 3. The van der Waals surface area contributed by atoms with Gasteiger partial charge in [0.05, 0.1) is 5.69 Å². The molecule has 0 spiro atoms. The Bertz CT molecular complexity index is 608. The SMILES string of the molecule is CCN(Cc1cccc(C(=O)NC)c1)Cc1cn(C)nn1. The summed E-state index contributed by atoms with van der Waals surface area (Å²) in [4.78, 5) is 13.9. The predicted octanol–water partition coefficient (Wildman–Crippen LogP) is 1.20. The van der Waals surface area contributed by atoms with Gasteiger partial charge in [0, 0.05) is 38.9 Å². The summed E-state index contributed by atoms with van der Waals surface area (Å²) in [7, 11) is 3.50. The summed E-state index contributed by atoms with van der Waals surface area (Å²) in [6.45, 7) is 4.53. The van der Waals surface area contributed by atoms with E-state index >= 15 is 0 Å². The highest BCUT2D eigenvalue weighted by molar-refractivity contribution is 5.94. The van der Waals surface area contributed by atoms with E-state index in [1.54, 1.807) is 11.7 Å². The number of aryl methyl sites for hydroxylation is 1. The van der Waals surface area contributed by atoms with E-state index in [0.717, 1.165) is 30.9 Å². The zero-order chi connectivity index (χ0) is 15.2. The van der Waals surface area contributed by atoms with Gasteiger partial charge in [-0.05, 0) is 24.2 Å². The molecule has 0 radical (unpaired) electrons. The van der Waals surface area contributed by atoms with Crippen LogP contribution < -0.4 is 5.32 Å². The number of carbonyl (C=O) groups is 1. The van der Waals surface area contributed by atoms with Crippen LogP contribution in [0.15, 0.2) is 30.5 Å². The molecule has 2 aromatic rings. The molecule has 6 nitrogen and oxygen atoms in total. The summed E-state index contributed by atoms with van der Waals surface area (Å²) in [5, 5.41) is 10.7. The van der Waals surface area contributed by atoms with E-state index < -0.39 is 0 Å². The normalized spacial score (nSPS) is 10.9. The minimum absolute atomic E-state index is 0.0613. The van der Waals surface area contributed by atoms with Gasteiger partial charge in [0.25, 0.3) is 5.91 Å². The molecule has 6 heteroatoms. The molecule has 1 amide bonds. The van der Waals surface area contributed by atoms with Crippen molar-refractivity contribution in [3.05, 3.63) is 47.3 Å². The molecule has 0 aliphatic rings. The first-order chi connectivity index (χ1) is 10.1. The van der Waals surface area contributed by atoms with Gasteiger partial charge >= 0.3 is 0 Å². The lowest BCUT2D eigenvalue weighted by molar-refractivity contribution is 0.0963. The number of nitrogens with one attached hydrogen (secondary N) is 1. The van der Waals surface area contributed by atoms with Crippen LogP contribution in [-0.4, -0.2) is 39.4 Å². The molecule has 1 N–H and O–H groups in total. The fourth-order valence-electron chi connectivity index (χ4n) is 2.19. The topological polar surface area (TPSA) is 63.1 Å². The summed E-state index contributed by atoms with van der Waals surface area (Å²) >= 11 is 0. The monoisotopic (exact) mass is 287 g/mol. The molecule has 0 aliphatic carbocycles. The second-order valence-electron chi connectivity index (χ2n) is 4.97. The van der Waals surface area contributed by atoms with E-state index in [9.17, 15) is 4.79 Å². The first kappa shape index (κ1) is 15.2. The molecule has 1 aromatic heterocycles. The highest BCUT2D eigenvalue weighted by Gasteiger charge is 2.09. The highest BCUT2D eigenvalue weighted by atomic mass is 16.1. The maximum Gasteiger partial charge on any atom is 0.251 e. The molecule has 0 bridgehead atoms. The van der Waals surface area contributed by atoms with Crippen LogP contribution in [0.25, 0.3) is 0 Å². The molecule has 0 aliphatic heterocycles. The molecule has 0 fully saturated rings. The zero-order valence-corrected chi connectivity index (χ0v) is 12.7. The summed E-state index contributed by atoms with van der Waals surface area (Å²) in [5.74, 6) is -0.0613. The van der Waals surface area contributed by atoms with E-state index in [1.807, 2.05) is 37.5 Å². The van der Waals surface area contributed by atoms with Gasteiger partial charge in [-0.3, -0.25) is 14.4 Å². The van der Waals surface area contributed by atoms with Gasteiger partial charge in [-0.2, -0.15) is 0 Å². The van der Waals surface area contributed by atoms with Gasteiger partial charge in [-0.15, -0.1) is 5.10 Å². The molecule has 0 unspecified atom stereocenters. The van der Waals surface area contributed by atoms with Gasteiger partial charge in [0.2, 0.25) is 0 Å². The van der Waals surface area contributed by atoms with Crippen molar-refractivity contribution >= 4 is 5.91 Å². The Morgan fingerprint density at radius 2 is 2.19 bits per heavy atom. The summed E-state index contributed by atoms with van der Waals surface area (Å²) < 4.78 is 1.70. The summed E-state index contributed by atoms with van der Waals surface area (Å²) in [5.41, 5.74) is 2.74. The zero-order valence-electron chi connectivity index (χ0n) is 12.7. The van der Waals surface area contributed by atoms with Crippen LogP contribution in [0.3, 0.4) is 0 Å². The minimum atomic E-state index is -0.0613. The molecule has 0 saturated heterocycles.